The van der Waals surface area contributed by atoms with E-state index >= 15 is 0 Å². The van der Waals surface area contributed by atoms with Gasteiger partial charge in [0, 0.05) is 6.42 Å². The molecule has 1 N–H and O–H groups in total. The van der Waals surface area contributed by atoms with Gasteiger partial charge in [-0.3, -0.25) is 9.42 Å². The monoisotopic (exact) mass is 226 g/mol. The maximum absolute atomic E-state index is 11.3. The Bertz CT molecular complexity index is 382. The molecule has 0 aliphatic carbocycles. The van der Waals surface area contributed by atoms with Crippen LogP contribution in [-0.4, -0.2) is 11.5 Å². The van der Waals surface area contributed by atoms with Crippen molar-refractivity contribution in [1.29, 1.82) is 0 Å². The molecule has 1 atom stereocenters. The molecule has 0 amide bonds. The summed E-state index contributed by atoms with van der Waals surface area (Å²) < 4.78 is 20.7. The molecule has 1 unspecified atom stereocenters. The van der Waals surface area contributed by atoms with Gasteiger partial charge < -0.3 is 4.52 Å². The topological polar surface area (TPSA) is 55.8 Å². The fourth-order valence-electron chi connectivity index (χ4n) is 0.861. The number of terminal acetylenes is 1. The lowest BCUT2D eigenvalue weighted by Gasteiger charge is -2.11. The predicted molar refractivity (Wildman–Crippen MR) is 56.3 cm³/mol. The van der Waals surface area contributed by atoms with E-state index in [0.717, 1.165) is 0 Å². The van der Waals surface area contributed by atoms with E-state index in [0.29, 0.717) is 0 Å². The summed E-state index contributed by atoms with van der Waals surface area (Å²) in [5, 5.41) is 0. The molecule has 4 nitrogen and oxygen atoms in total. The van der Waals surface area contributed by atoms with Crippen molar-refractivity contribution in [2.75, 3.05) is 6.61 Å². The fraction of sp³-hybridized carbons (Fsp3) is 0.200. The molecule has 80 valence electrons. The molecule has 0 heterocycles. The summed E-state index contributed by atoms with van der Waals surface area (Å²) in [5.41, 5.74) is 0. The smallest absolute Gasteiger partial charge is 0.404 e. The molecule has 0 fully saturated rings. The van der Waals surface area contributed by atoms with Gasteiger partial charge in [0.2, 0.25) is 0 Å². The van der Waals surface area contributed by atoms with Crippen molar-refractivity contribution >= 4 is 7.82 Å². The Balaban J connectivity index is 2.50. The first kappa shape index (κ1) is 11.8. The first-order valence-corrected chi connectivity index (χ1v) is 5.79. The van der Waals surface area contributed by atoms with Crippen LogP contribution in [0.25, 0.3) is 0 Å². The van der Waals surface area contributed by atoms with Crippen molar-refractivity contribution in [2.45, 2.75) is 6.42 Å². The molecule has 0 radical (unpaired) electrons. The van der Waals surface area contributed by atoms with Crippen molar-refractivity contribution in [3.05, 3.63) is 30.3 Å². The maximum Gasteiger partial charge on any atom is 0.527 e. The summed E-state index contributed by atoms with van der Waals surface area (Å²) in [5.74, 6) is 2.57. The highest BCUT2D eigenvalue weighted by Crippen LogP contribution is 2.43. The molecule has 15 heavy (non-hydrogen) atoms. The normalized spacial score (nSPS) is 13.9. The fourth-order valence-corrected chi connectivity index (χ4v) is 1.62. The molecule has 0 bridgehead atoms. The maximum atomic E-state index is 11.3. The van der Waals surface area contributed by atoms with E-state index in [4.69, 9.17) is 10.9 Å². The van der Waals surface area contributed by atoms with Crippen LogP contribution >= 0.6 is 7.82 Å². The summed E-state index contributed by atoms with van der Waals surface area (Å²) in [7, 11) is -4.04. The van der Waals surface area contributed by atoms with Crippen molar-refractivity contribution in [3.8, 4) is 18.1 Å². The van der Waals surface area contributed by atoms with E-state index in [1.54, 1.807) is 30.3 Å². The molecule has 0 saturated heterocycles. The number of hydrogen-bond donors (Lipinski definition) is 1. The van der Waals surface area contributed by atoms with Crippen LogP contribution in [0.4, 0.5) is 0 Å². The second-order valence-corrected chi connectivity index (χ2v) is 4.04. The van der Waals surface area contributed by atoms with Gasteiger partial charge in [-0.25, -0.2) is 4.57 Å². The standard InChI is InChI=1S/C10H11O4P/c1-2-3-9-13-15(11,12)14-10-7-5-4-6-8-10/h1,4-8H,3,9H2,(H,11,12). The molecule has 1 rings (SSSR count). The molecular formula is C10H11O4P. The Morgan fingerprint density at radius 2 is 2.07 bits per heavy atom. The van der Waals surface area contributed by atoms with Crippen LogP contribution in [-0.2, 0) is 9.09 Å². The summed E-state index contributed by atoms with van der Waals surface area (Å²) in [4.78, 5) is 9.24. The van der Waals surface area contributed by atoms with Gasteiger partial charge in [0.1, 0.15) is 5.75 Å². The van der Waals surface area contributed by atoms with Crippen molar-refractivity contribution < 1.29 is 18.5 Å². The molecule has 0 saturated carbocycles. The average Bonchev–Trinajstić information content (AvgIpc) is 2.18. The van der Waals surface area contributed by atoms with E-state index in [1.165, 1.54) is 0 Å². The Morgan fingerprint density at radius 3 is 2.67 bits per heavy atom. The van der Waals surface area contributed by atoms with Gasteiger partial charge in [-0.05, 0) is 12.1 Å². The van der Waals surface area contributed by atoms with Gasteiger partial charge in [-0.2, -0.15) is 0 Å². The number of rotatable bonds is 5. The first-order chi connectivity index (χ1) is 7.14. The van der Waals surface area contributed by atoms with Crippen LogP contribution < -0.4 is 4.52 Å². The van der Waals surface area contributed by atoms with Gasteiger partial charge in [-0.15, -0.1) is 12.3 Å². The average molecular weight is 226 g/mol. The highest BCUT2D eigenvalue weighted by molar-refractivity contribution is 7.47. The minimum absolute atomic E-state index is 0.00287. The Hall–Kier alpha value is -1.27. The molecule has 0 spiro atoms. The molecule has 0 aliphatic heterocycles. The minimum Gasteiger partial charge on any atom is -0.404 e. The molecule has 1 aromatic carbocycles. The highest BCUT2D eigenvalue weighted by Gasteiger charge is 2.21. The molecular weight excluding hydrogens is 215 g/mol. The number of para-hydroxylation sites is 1. The lowest BCUT2D eigenvalue weighted by Crippen LogP contribution is -1.98. The Labute approximate surface area is 88.5 Å². The van der Waals surface area contributed by atoms with Crippen molar-refractivity contribution in [2.24, 2.45) is 0 Å². The second kappa shape index (κ2) is 5.57. The summed E-state index contributed by atoms with van der Waals surface area (Å²) in [6.45, 7) is -0.00287. The number of phosphoric ester groups is 1. The van der Waals surface area contributed by atoms with Gasteiger partial charge >= 0.3 is 7.82 Å². The van der Waals surface area contributed by atoms with Crippen LogP contribution in [0.5, 0.6) is 5.75 Å². The number of benzene rings is 1. The lowest BCUT2D eigenvalue weighted by atomic mass is 10.3. The third kappa shape index (κ3) is 4.66. The van der Waals surface area contributed by atoms with Crippen molar-refractivity contribution in [1.82, 2.24) is 0 Å². The quantitative estimate of drug-likeness (QED) is 0.475. The minimum atomic E-state index is -4.04. The first-order valence-electron chi connectivity index (χ1n) is 4.29. The van der Waals surface area contributed by atoms with Crippen molar-refractivity contribution in [3.63, 3.8) is 0 Å². The molecule has 0 aromatic heterocycles. The van der Waals surface area contributed by atoms with E-state index < -0.39 is 7.82 Å². The number of phosphoric acid groups is 1. The largest absolute Gasteiger partial charge is 0.527 e. The molecule has 1 aromatic rings. The van der Waals surface area contributed by atoms with E-state index in [9.17, 15) is 9.46 Å². The van der Waals surface area contributed by atoms with Crippen LogP contribution in [0.3, 0.4) is 0 Å². The SMILES string of the molecule is C#CCCOP(=O)(O)Oc1ccccc1. The van der Waals surface area contributed by atoms with Crippen LogP contribution in [0.15, 0.2) is 30.3 Å². The third-order valence-corrected chi connectivity index (χ3v) is 2.42. The highest BCUT2D eigenvalue weighted by atomic mass is 31.2. The Kier molecular flexibility index (Phi) is 4.38. The summed E-state index contributed by atoms with van der Waals surface area (Å²) in [6.07, 6.45) is 5.23. The summed E-state index contributed by atoms with van der Waals surface area (Å²) >= 11 is 0. The third-order valence-electron chi connectivity index (χ3n) is 1.46. The van der Waals surface area contributed by atoms with E-state index in [1.807, 2.05) is 0 Å². The zero-order chi connectivity index (χ0) is 11.1. The summed E-state index contributed by atoms with van der Waals surface area (Å²) in [6, 6.07) is 8.28. The predicted octanol–water partition coefficient (Wildman–Crippen LogP) is 2.21. The molecule has 5 heteroatoms. The lowest BCUT2D eigenvalue weighted by molar-refractivity contribution is 0.207. The zero-order valence-corrected chi connectivity index (χ0v) is 8.89. The van der Waals surface area contributed by atoms with E-state index in [-0.39, 0.29) is 18.8 Å². The van der Waals surface area contributed by atoms with Gasteiger partial charge in [0.25, 0.3) is 0 Å². The van der Waals surface area contributed by atoms with Gasteiger partial charge in [0.15, 0.2) is 0 Å². The van der Waals surface area contributed by atoms with Gasteiger partial charge in [-0.1, -0.05) is 18.2 Å². The Morgan fingerprint density at radius 1 is 1.40 bits per heavy atom. The second-order valence-electron chi connectivity index (χ2n) is 2.66. The van der Waals surface area contributed by atoms with Gasteiger partial charge in [0.05, 0.1) is 6.61 Å². The van der Waals surface area contributed by atoms with E-state index in [2.05, 4.69) is 10.4 Å². The van der Waals surface area contributed by atoms with Crippen LogP contribution in [0.1, 0.15) is 6.42 Å². The van der Waals surface area contributed by atoms with Crippen LogP contribution in [0, 0.1) is 12.3 Å². The zero-order valence-electron chi connectivity index (χ0n) is 8.00. The van der Waals surface area contributed by atoms with Crippen LogP contribution in [0.2, 0.25) is 0 Å². The number of hydrogen-bond acceptors (Lipinski definition) is 3. The molecule has 0 aliphatic rings.